The molecule has 0 aromatic heterocycles. The second-order valence-electron chi connectivity index (χ2n) is 4.37. The van der Waals surface area contributed by atoms with Crippen LogP contribution in [0.15, 0.2) is 48.5 Å². The molecule has 0 fully saturated rings. The van der Waals surface area contributed by atoms with E-state index in [-0.39, 0.29) is 5.91 Å². The van der Waals surface area contributed by atoms with Crippen molar-refractivity contribution in [1.82, 2.24) is 0 Å². The van der Waals surface area contributed by atoms with Gasteiger partial charge in [-0.3, -0.25) is 4.79 Å². The highest BCUT2D eigenvalue weighted by atomic mass is 16.5. The molecule has 0 bridgehead atoms. The topological polar surface area (TPSA) is 87.7 Å². The molecule has 0 heterocycles. The first-order valence-corrected chi connectivity index (χ1v) is 6.46. The second-order valence-corrected chi connectivity index (χ2v) is 4.37. The number of amides is 1. The van der Waals surface area contributed by atoms with Crippen LogP contribution in [-0.2, 0) is 4.79 Å². The van der Waals surface area contributed by atoms with E-state index in [4.69, 9.17) is 9.47 Å². The third kappa shape index (κ3) is 4.24. The fourth-order valence-corrected chi connectivity index (χ4v) is 1.72. The molecule has 0 radical (unpaired) electrons. The summed E-state index contributed by atoms with van der Waals surface area (Å²) in [5.74, 6) is -0.532. The van der Waals surface area contributed by atoms with Crippen molar-refractivity contribution in [2.45, 2.75) is 0 Å². The summed E-state index contributed by atoms with van der Waals surface area (Å²) >= 11 is 0. The molecule has 22 heavy (non-hydrogen) atoms. The summed E-state index contributed by atoms with van der Waals surface area (Å²) in [6.45, 7) is -0.530. The predicted molar refractivity (Wildman–Crippen MR) is 77.9 cm³/mol. The fraction of sp³-hybridized carbons (Fsp3) is 0.125. The van der Waals surface area contributed by atoms with Crippen molar-refractivity contribution in [3.63, 3.8) is 0 Å². The van der Waals surface area contributed by atoms with Gasteiger partial charge in [0.25, 0.3) is 5.91 Å². The number of aliphatic carboxylic acids is 1. The minimum Gasteiger partial charge on any atom is -0.546 e. The van der Waals surface area contributed by atoms with Crippen LogP contribution in [-0.4, -0.2) is 25.6 Å². The van der Waals surface area contributed by atoms with E-state index >= 15 is 0 Å². The Morgan fingerprint density at radius 1 is 1.00 bits per heavy atom. The van der Waals surface area contributed by atoms with E-state index in [0.29, 0.717) is 22.7 Å². The highest BCUT2D eigenvalue weighted by Crippen LogP contribution is 2.17. The quantitative estimate of drug-likeness (QED) is 0.862. The molecule has 2 aromatic carbocycles. The van der Waals surface area contributed by atoms with E-state index < -0.39 is 12.6 Å². The standard InChI is InChI=1S/C16H15NO5/c1-21-13-8-4-12(5-9-13)17-16(20)11-2-6-14(7-3-11)22-10-15(18)19/h2-9H,10H2,1H3,(H,17,20)(H,18,19)/p-1. The van der Waals surface area contributed by atoms with E-state index in [2.05, 4.69) is 5.32 Å². The maximum Gasteiger partial charge on any atom is 0.255 e. The number of benzene rings is 2. The van der Waals surface area contributed by atoms with Crippen LogP contribution < -0.4 is 19.9 Å². The average Bonchev–Trinajstić information content (AvgIpc) is 2.54. The van der Waals surface area contributed by atoms with Crippen molar-refractivity contribution >= 4 is 17.6 Å². The number of carbonyl (C=O) groups excluding carboxylic acids is 2. The van der Waals surface area contributed by atoms with Gasteiger partial charge in [-0.05, 0) is 48.5 Å². The lowest BCUT2D eigenvalue weighted by atomic mass is 10.2. The normalized spacial score (nSPS) is 9.86. The van der Waals surface area contributed by atoms with E-state index in [1.54, 1.807) is 43.5 Å². The van der Waals surface area contributed by atoms with Gasteiger partial charge in [-0.1, -0.05) is 0 Å². The van der Waals surface area contributed by atoms with Crippen LogP contribution in [0, 0.1) is 0 Å². The lowest BCUT2D eigenvalue weighted by Gasteiger charge is -2.08. The molecule has 2 rings (SSSR count). The minimum atomic E-state index is -1.30. The first kappa shape index (κ1) is 15.4. The first-order valence-electron chi connectivity index (χ1n) is 6.46. The second kappa shape index (κ2) is 7.12. The van der Waals surface area contributed by atoms with Crippen LogP contribution >= 0.6 is 0 Å². The van der Waals surface area contributed by atoms with Gasteiger partial charge in [0.2, 0.25) is 0 Å². The maximum atomic E-state index is 12.1. The van der Waals surface area contributed by atoms with Crippen LogP contribution in [0.4, 0.5) is 5.69 Å². The maximum absolute atomic E-state index is 12.1. The van der Waals surface area contributed by atoms with Gasteiger partial charge in [0, 0.05) is 11.3 Å². The summed E-state index contributed by atoms with van der Waals surface area (Å²) in [6.07, 6.45) is 0. The number of anilines is 1. The van der Waals surface area contributed by atoms with Crippen LogP contribution in [0.25, 0.3) is 0 Å². The van der Waals surface area contributed by atoms with E-state index in [9.17, 15) is 14.7 Å². The molecule has 0 aliphatic heterocycles. The van der Waals surface area contributed by atoms with Gasteiger partial charge in [-0.25, -0.2) is 0 Å². The van der Waals surface area contributed by atoms with E-state index in [1.165, 1.54) is 12.1 Å². The SMILES string of the molecule is COc1ccc(NC(=O)c2ccc(OCC(=O)[O-])cc2)cc1. The fourth-order valence-electron chi connectivity index (χ4n) is 1.72. The Hall–Kier alpha value is -3.02. The van der Waals surface area contributed by atoms with Crippen molar-refractivity contribution in [2.75, 3.05) is 19.0 Å². The Balaban J connectivity index is 1.98. The highest BCUT2D eigenvalue weighted by Gasteiger charge is 2.06. The molecular weight excluding hydrogens is 286 g/mol. The number of nitrogens with one attached hydrogen (secondary N) is 1. The summed E-state index contributed by atoms with van der Waals surface area (Å²) in [5.41, 5.74) is 1.07. The Bertz CT molecular complexity index is 649. The van der Waals surface area contributed by atoms with Crippen LogP contribution in [0.2, 0.25) is 0 Å². The molecule has 6 heteroatoms. The number of carboxylic acid groups (broad SMARTS) is 1. The Labute approximate surface area is 127 Å². The smallest absolute Gasteiger partial charge is 0.255 e. The van der Waals surface area contributed by atoms with Crippen molar-refractivity contribution < 1.29 is 24.2 Å². The zero-order chi connectivity index (χ0) is 15.9. The van der Waals surface area contributed by atoms with Crippen molar-refractivity contribution in [3.8, 4) is 11.5 Å². The zero-order valence-corrected chi connectivity index (χ0v) is 11.9. The van der Waals surface area contributed by atoms with Gasteiger partial charge in [-0.15, -0.1) is 0 Å². The number of carbonyl (C=O) groups is 2. The summed E-state index contributed by atoms with van der Waals surface area (Å²) in [5, 5.41) is 13.0. The van der Waals surface area contributed by atoms with Gasteiger partial charge < -0.3 is 24.7 Å². The molecule has 0 atom stereocenters. The Morgan fingerprint density at radius 3 is 2.14 bits per heavy atom. The van der Waals surface area contributed by atoms with Crippen LogP contribution in [0.5, 0.6) is 11.5 Å². The first-order chi connectivity index (χ1) is 10.6. The molecule has 0 aliphatic carbocycles. The lowest BCUT2D eigenvalue weighted by Crippen LogP contribution is -2.28. The Kier molecular flexibility index (Phi) is 4.98. The molecule has 6 nitrogen and oxygen atoms in total. The van der Waals surface area contributed by atoms with Gasteiger partial charge in [-0.2, -0.15) is 0 Å². The monoisotopic (exact) mass is 300 g/mol. The third-order valence-corrected chi connectivity index (χ3v) is 2.82. The molecule has 1 amide bonds. The van der Waals surface area contributed by atoms with Crippen molar-refractivity contribution in [1.29, 1.82) is 0 Å². The number of methoxy groups -OCH3 is 1. The van der Waals surface area contributed by atoms with Crippen LogP contribution in [0.1, 0.15) is 10.4 Å². The zero-order valence-electron chi connectivity index (χ0n) is 11.9. The minimum absolute atomic E-state index is 0.281. The molecule has 114 valence electrons. The molecule has 0 aliphatic rings. The van der Waals surface area contributed by atoms with Gasteiger partial charge in [0.05, 0.1) is 13.1 Å². The lowest BCUT2D eigenvalue weighted by molar-refractivity contribution is -0.307. The molecule has 2 aromatic rings. The van der Waals surface area contributed by atoms with Crippen LogP contribution in [0.3, 0.4) is 0 Å². The average molecular weight is 300 g/mol. The molecule has 0 spiro atoms. The van der Waals surface area contributed by atoms with Gasteiger partial charge >= 0.3 is 0 Å². The number of rotatable bonds is 6. The molecular formula is C16H14NO5-. The summed E-state index contributed by atoms with van der Waals surface area (Å²) in [7, 11) is 1.57. The van der Waals surface area contributed by atoms with Gasteiger partial charge in [0.15, 0.2) is 0 Å². The number of hydrogen-bond acceptors (Lipinski definition) is 5. The summed E-state index contributed by atoms with van der Waals surface area (Å²) in [4.78, 5) is 22.3. The summed E-state index contributed by atoms with van der Waals surface area (Å²) in [6, 6.07) is 13.1. The number of carboxylic acids is 1. The summed E-state index contributed by atoms with van der Waals surface area (Å²) < 4.78 is 9.98. The number of hydrogen-bond donors (Lipinski definition) is 1. The van der Waals surface area contributed by atoms with E-state index in [0.717, 1.165) is 0 Å². The van der Waals surface area contributed by atoms with Gasteiger partial charge in [0.1, 0.15) is 18.1 Å². The van der Waals surface area contributed by atoms with Crippen molar-refractivity contribution in [3.05, 3.63) is 54.1 Å². The predicted octanol–water partition coefficient (Wildman–Crippen LogP) is 1.08. The highest BCUT2D eigenvalue weighted by molar-refractivity contribution is 6.04. The van der Waals surface area contributed by atoms with Crippen molar-refractivity contribution in [2.24, 2.45) is 0 Å². The molecule has 1 N–H and O–H groups in total. The molecule has 0 unspecified atom stereocenters. The Morgan fingerprint density at radius 2 is 1.59 bits per heavy atom. The molecule has 0 saturated heterocycles. The largest absolute Gasteiger partial charge is 0.546 e. The third-order valence-electron chi connectivity index (χ3n) is 2.82. The van der Waals surface area contributed by atoms with E-state index in [1.807, 2.05) is 0 Å². The number of ether oxygens (including phenoxy) is 2. The molecule has 0 saturated carbocycles.